The smallest absolute Gasteiger partial charge is 0.0892 e. The lowest BCUT2D eigenvalue weighted by atomic mass is 9.78. The molecule has 0 unspecified atom stereocenters. The number of anilines is 1. The minimum absolute atomic E-state index is 0.269. The maximum absolute atomic E-state index is 8.94. The number of aliphatic hydroxyl groups excluding tert-OH is 1. The number of hydrogen-bond acceptors (Lipinski definition) is 3. The van der Waals surface area contributed by atoms with Crippen molar-refractivity contribution in [1.29, 1.82) is 0 Å². The highest BCUT2D eigenvalue weighted by atomic mass is 16.5. The quantitative estimate of drug-likeness (QED) is 0.818. The summed E-state index contributed by atoms with van der Waals surface area (Å²) in [6.45, 7) is 1.19. The van der Waals surface area contributed by atoms with Crippen molar-refractivity contribution in [2.75, 3.05) is 18.5 Å². The van der Waals surface area contributed by atoms with Crippen LogP contribution in [0.5, 0.6) is 0 Å². The van der Waals surface area contributed by atoms with Crippen LogP contribution in [0.25, 0.3) is 0 Å². The summed E-state index contributed by atoms with van der Waals surface area (Å²) in [5.74, 6) is 0.586. The molecule has 0 bridgehead atoms. The second kappa shape index (κ2) is 5.93. The topological polar surface area (TPSA) is 41.5 Å². The SMILES string of the molecule is OCCCC[C@H]1Nc2ccccc2[C@H]2OCCC[C@H]21. The van der Waals surface area contributed by atoms with Crippen LogP contribution < -0.4 is 5.32 Å². The molecule has 0 spiro atoms. The maximum Gasteiger partial charge on any atom is 0.0892 e. The van der Waals surface area contributed by atoms with Crippen LogP contribution in [-0.2, 0) is 4.74 Å². The molecule has 3 nitrogen and oxygen atoms in total. The summed E-state index contributed by atoms with van der Waals surface area (Å²) in [4.78, 5) is 0. The van der Waals surface area contributed by atoms with E-state index in [4.69, 9.17) is 9.84 Å². The predicted octanol–water partition coefficient (Wildman–Crippen LogP) is 3.11. The summed E-state index contributed by atoms with van der Waals surface area (Å²) in [7, 11) is 0. The van der Waals surface area contributed by atoms with Crippen molar-refractivity contribution in [3.8, 4) is 0 Å². The van der Waals surface area contributed by atoms with Gasteiger partial charge >= 0.3 is 0 Å². The van der Waals surface area contributed by atoms with Gasteiger partial charge in [-0.15, -0.1) is 0 Å². The molecule has 104 valence electrons. The van der Waals surface area contributed by atoms with Crippen molar-refractivity contribution in [2.24, 2.45) is 5.92 Å². The van der Waals surface area contributed by atoms with Crippen molar-refractivity contribution in [1.82, 2.24) is 0 Å². The number of para-hydroxylation sites is 1. The van der Waals surface area contributed by atoms with Gasteiger partial charge in [0.15, 0.2) is 0 Å². The Kier molecular flexibility index (Phi) is 4.04. The zero-order chi connectivity index (χ0) is 13.1. The predicted molar refractivity (Wildman–Crippen MR) is 76.2 cm³/mol. The minimum Gasteiger partial charge on any atom is -0.396 e. The number of unbranched alkanes of at least 4 members (excludes halogenated alkanes) is 1. The fourth-order valence-electron chi connectivity index (χ4n) is 3.48. The van der Waals surface area contributed by atoms with E-state index in [2.05, 4.69) is 29.6 Å². The maximum atomic E-state index is 8.94. The fraction of sp³-hybridized carbons (Fsp3) is 0.625. The van der Waals surface area contributed by atoms with Crippen LogP contribution in [0.15, 0.2) is 24.3 Å². The van der Waals surface area contributed by atoms with Crippen molar-refractivity contribution in [2.45, 2.75) is 44.2 Å². The van der Waals surface area contributed by atoms with Gasteiger partial charge in [0.2, 0.25) is 0 Å². The van der Waals surface area contributed by atoms with Crippen molar-refractivity contribution in [3.05, 3.63) is 29.8 Å². The highest BCUT2D eigenvalue weighted by Gasteiger charge is 2.38. The molecule has 3 rings (SSSR count). The molecule has 0 radical (unpaired) electrons. The molecule has 3 heteroatoms. The lowest BCUT2D eigenvalue weighted by molar-refractivity contribution is -0.0387. The van der Waals surface area contributed by atoms with Crippen molar-refractivity contribution >= 4 is 5.69 Å². The van der Waals surface area contributed by atoms with E-state index in [1.807, 2.05) is 0 Å². The molecule has 1 aromatic carbocycles. The Bertz CT molecular complexity index is 421. The first-order valence-electron chi connectivity index (χ1n) is 7.48. The number of hydrogen-bond donors (Lipinski definition) is 2. The molecular weight excluding hydrogens is 238 g/mol. The summed E-state index contributed by atoms with van der Waals surface area (Å²) < 4.78 is 6.06. The molecule has 2 aliphatic rings. The van der Waals surface area contributed by atoms with E-state index in [0.717, 1.165) is 25.9 Å². The Morgan fingerprint density at radius 2 is 2.16 bits per heavy atom. The van der Waals surface area contributed by atoms with Gasteiger partial charge in [0.05, 0.1) is 6.10 Å². The number of aliphatic hydroxyl groups is 1. The van der Waals surface area contributed by atoms with Crippen LogP contribution in [0, 0.1) is 5.92 Å². The van der Waals surface area contributed by atoms with Crippen LogP contribution in [-0.4, -0.2) is 24.4 Å². The standard InChI is InChI=1S/C16H23NO2/c18-10-4-3-9-15-13-7-5-11-19-16(13)12-6-1-2-8-14(12)17-15/h1-2,6,8,13,15-18H,3-5,7,9-11H2/t13-,15+,16+/m0/s1. The summed E-state index contributed by atoms with van der Waals surface area (Å²) >= 11 is 0. The molecule has 0 amide bonds. The lowest BCUT2D eigenvalue weighted by Crippen LogP contribution is -2.41. The minimum atomic E-state index is 0.269. The Morgan fingerprint density at radius 3 is 3.05 bits per heavy atom. The second-order valence-electron chi connectivity index (χ2n) is 5.65. The molecule has 0 saturated carbocycles. The highest BCUT2D eigenvalue weighted by Crippen LogP contribution is 2.44. The normalized spacial score (nSPS) is 29.2. The van der Waals surface area contributed by atoms with Crippen molar-refractivity contribution < 1.29 is 9.84 Å². The van der Waals surface area contributed by atoms with Crippen LogP contribution in [0.4, 0.5) is 5.69 Å². The zero-order valence-corrected chi connectivity index (χ0v) is 11.3. The molecule has 3 atom stereocenters. The third-order valence-electron chi connectivity index (χ3n) is 4.42. The summed E-state index contributed by atoms with van der Waals surface area (Å²) in [5, 5.41) is 12.6. The number of fused-ring (bicyclic) bond motifs is 3. The molecule has 0 aromatic heterocycles. The van der Waals surface area contributed by atoms with Gasteiger partial charge in [0.25, 0.3) is 0 Å². The van der Waals surface area contributed by atoms with E-state index in [9.17, 15) is 0 Å². The van der Waals surface area contributed by atoms with E-state index in [1.54, 1.807) is 0 Å². The monoisotopic (exact) mass is 261 g/mol. The Balaban J connectivity index is 1.79. The Morgan fingerprint density at radius 1 is 1.26 bits per heavy atom. The van der Waals surface area contributed by atoms with Gasteiger partial charge in [-0.3, -0.25) is 0 Å². The van der Waals surface area contributed by atoms with Gasteiger partial charge in [0.1, 0.15) is 0 Å². The molecule has 2 aliphatic heterocycles. The van der Waals surface area contributed by atoms with Gasteiger partial charge in [-0.2, -0.15) is 0 Å². The summed E-state index contributed by atoms with van der Waals surface area (Å²) in [5.41, 5.74) is 2.56. The van der Waals surface area contributed by atoms with Crippen LogP contribution in [0.1, 0.15) is 43.8 Å². The summed E-state index contributed by atoms with van der Waals surface area (Å²) in [6, 6.07) is 9.02. The first kappa shape index (κ1) is 12.9. The molecule has 2 heterocycles. The Labute approximate surface area is 115 Å². The molecule has 1 fully saturated rings. The molecule has 19 heavy (non-hydrogen) atoms. The van der Waals surface area contributed by atoms with E-state index in [1.165, 1.54) is 24.1 Å². The zero-order valence-electron chi connectivity index (χ0n) is 11.3. The average Bonchev–Trinajstić information content (AvgIpc) is 2.47. The molecular formula is C16H23NO2. The number of ether oxygens (including phenoxy) is 1. The molecule has 1 aromatic rings. The van der Waals surface area contributed by atoms with E-state index in [-0.39, 0.29) is 6.10 Å². The molecule has 0 aliphatic carbocycles. The first-order valence-corrected chi connectivity index (χ1v) is 7.48. The van der Waals surface area contributed by atoms with Gasteiger partial charge in [0, 0.05) is 36.4 Å². The lowest BCUT2D eigenvalue weighted by Gasteiger charge is -2.43. The molecule has 1 saturated heterocycles. The molecule has 2 N–H and O–H groups in total. The second-order valence-corrected chi connectivity index (χ2v) is 5.65. The third kappa shape index (κ3) is 2.63. The van der Waals surface area contributed by atoms with Crippen LogP contribution in [0.2, 0.25) is 0 Å². The highest BCUT2D eigenvalue weighted by molar-refractivity contribution is 5.55. The fourth-order valence-corrected chi connectivity index (χ4v) is 3.48. The number of nitrogens with one attached hydrogen (secondary N) is 1. The van der Waals surface area contributed by atoms with Gasteiger partial charge in [-0.1, -0.05) is 18.2 Å². The average molecular weight is 261 g/mol. The van der Waals surface area contributed by atoms with Crippen molar-refractivity contribution in [3.63, 3.8) is 0 Å². The summed E-state index contributed by atoms with van der Waals surface area (Å²) in [6.07, 6.45) is 5.79. The van der Waals surface area contributed by atoms with Gasteiger partial charge < -0.3 is 15.2 Å². The number of rotatable bonds is 4. The first-order chi connectivity index (χ1) is 9.40. The van der Waals surface area contributed by atoms with E-state index >= 15 is 0 Å². The third-order valence-corrected chi connectivity index (χ3v) is 4.42. The number of benzene rings is 1. The van der Waals surface area contributed by atoms with Crippen LogP contribution >= 0.6 is 0 Å². The van der Waals surface area contributed by atoms with Gasteiger partial charge in [-0.05, 0) is 38.2 Å². The largest absolute Gasteiger partial charge is 0.396 e. The van der Waals surface area contributed by atoms with Crippen LogP contribution in [0.3, 0.4) is 0 Å². The van der Waals surface area contributed by atoms with E-state index < -0.39 is 0 Å². The Hall–Kier alpha value is -1.06. The van der Waals surface area contributed by atoms with Gasteiger partial charge in [-0.25, -0.2) is 0 Å². The van der Waals surface area contributed by atoms with E-state index in [0.29, 0.717) is 18.6 Å².